The molecule has 2 aromatic rings. The number of H-pyrrole nitrogens is 1. The Hall–Kier alpha value is -1.86. The lowest BCUT2D eigenvalue weighted by Gasteiger charge is -2.32. The molecule has 2 aromatic heterocycles. The fourth-order valence-corrected chi connectivity index (χ4v) is 3.72. The first kappa shape index (κ1) is 16.0. The van der Waals surface area contributed by atoms with Gasteiger partial charge in [-0.2, -0.15) is 5.10 Å². The predicted octanol–water partition coefficient (Wildman–Crippen LogP) is 2.85. The number of alkyl carbamates (subject to hydrolysis) is 1. The van der Waals surface area contributed by atoms with Crippen LogP contribution in [0.5, 0.6) is 0 Å². The highest BCUT2D eigenvalue weighted by Crippen LogP contribution is 2.27. The minimum Gasteiger partial charge on any atom is -0.450 e. The van der Waals surface area contributed by atoms with Gasteiger partial charge in [-0.15, -0.1) is 11.3 Å². The van der Waals surface area contributed by atoms with Crippen LogP contribution in [0.25, 0.3) is 10.6 Å². The summed E-state index contributed by atoms with van der Waals surface area (Å²) in [6, 6.07) is 4.30. The van der Waals surface area contributed by atoms with Crippen LogP contribution in [-0.2, 0) is 11.3 Å². The third-order valence-corrected chi connectivity index (χ3v) is 4.87. The number of likely N-dealkylation sites (tertiary alicyclic amines) is 1. The van der Waals surface area contributed by atoms with E-state index in [2.05, 4.69) is 31.9 Å². The van der Waals surface area contributed by atoms with Crippen molar-refractivity contribution < 1.29 is 9.53 Å². The van der Waals surface area contributed by atoms with Crippen LogP contribution in [0, 0.1) is 0 Å². The number of rotatable bonds is 5. The van der Waals surface area contributed by atoms with E-state index in [0.717, 1.165) is 38.2 Å². The van der Waals surface area contributed by atoms with Gasteiger partial charge in [-0.3, -0.25) is 10.00 Å². The minimum absolute atomic E-state index is 0.153. The average molecular weight is 334 g/mol. The predicted molar refractivity (Wildman–Crippen MR) is 90.4 cm³/mol. The molecule has 1 amide bonds. The molecule has 0 bridgehead atoms. The van der Waals surface area contributed by atoms with E-state index >= 15 is 0 Å². The number of thiophene rings is 1. The summed E-state index contributed by atoms with van der Waals surface area (Å²) in [4.78, 5) is 15.1. The number of hydrogen-bond acceptors (Lipinski definition) is 5. The summed E-state index contributed by atoms with van der Waals surface area (Å²) in [5, 5.41) is 12.3. The molecule has 1 unspecified atom stereocenters. The molecule has 6 nitrogen and oxygen atoms in total. The molecule has 1 aliphatic rings. The second-order valence-electron chi connectivity index (χ2n) is 5.69. The highest BCUT2D eigenvalue weighted by atomic mass is 32.1. The zero-order valence-corrected chi connectivity index (χ0v) is 14.1. The first-order valence-electron chi connectivity index (χ1n) is 7.98. The minimum atomic E-state index is -0.318. The van der Waals surface area contributed by atoms with E-state index in [0.29, 0.717) is 6.61 Å². The molecule has 23 heavy (non-hydrogen) atoms. The molecule has 0 spiro atoms. The van der Waals surface area contributed by atoms with Gasteiger partial charge in [0.05, 0.1) is 23.4 Å². The fraction of sp³-hybridized carbons (Fsp3) is 0.500. The monoisotopic (exact) mass is 334 g/mol. The highest BCUT2D eigenvalue weighted by molar-refractivity contribution is 7.13. The Kier molecular flexibility index (Phi) is 5.30. The van der Waals surface area contributed by atoms with Crippen molar-refractivity contribution in [3.05, 3.63) is 29.3 Å². The summed E-state index contributed by atoms with van der Waals surface area (Å²) in [7, 11) is 0. The molecule has 0 radical (unpaired) electrons. The Morgan fingerprint density at radius 3 is 3.30 bits per heavy atom. The van der Waals surface area contributed by atoms with Crippen molar-refractivity contribution in [1.82, 2.24) is 20.4 Å². The molecule has 3 heterocycles. The molecule has 0 aromatic carbocycles. The van der Waals surface area contributed by atoms with Gasteiger partial charge in [-0.25, -0.2) is 4.79 Å². The van der Waals surface area contributed by atoms with Crippen molar-refractivity contribution in [2.75, 3.05) is 19.7 Å². The van der Waals surface area contributed by atoms with E-state index < -0.39 is 0 Å². The molecule has 1 saturated heterocycles. The number of nitrogens with zero attached hydrogens (tertiary/aromatic N) is 2. The van der Waals surface area contributed by atoms with Gasteiger partial charge in [0.2, 0.25) is 0 Å². The summed E-state index contributed by atoms with van der Waals surface area (Å²) in [6.45, 7) is 4.94. The number of piperidine rings is 1. The maximum Gasteiger partial charge on any atom is 0.407 e. The van der Waals surface area contributed by atoms with Crippen molar-refractivity contribution in [2.45, 2.75) is 32.4 Å². The van der Waals surface area contributed by atoms with Gasteiger partial charge in [0.25, 0.3) is 0 Å². The van der Waals surface area contributed by atoms with Crippen LogP contribution in [0.3, 0.4) is 0 Å². The van der Waals surface area contributed by atoms with Gasteiger partial charge >= 0.3 is 6.09 Å². The van der Waals surface area contributed by atoms with E-state index in [9.17, 15) is 4.79 Å². The van der Waals surface area contributed by atoms with Gasteiger partial charge in [0.1, 0.15) is 0 Å². The molecule has 0 saturated carbocycles. The number of ether oxygens (including phenoxy) is 1. The maximum absolute atomic E-state index is 11.6. The van der Waals surface area contributed by atoms with Crippen LogP contribution in [0.15, 0.2) is 23.7 Å². The first-order chi connectivity index (χ1) is 11.3. The Morgan fingerprint density at radius 1 is 1.61 bits per heavy atom. The largest absolute Gasteiger partial charge is 0.450 e. The second-order valence-corrected chi connectivity index (χ2v) is 6.63. The number of carbonyl (C=O) groups is 1. The van der Waals surface area contributed by atoms with Gasteiger partial charge in [-0.05, 0) is 37.8 Å². The van der Waals surface area contributed by atoms with Crippen LogP contribution < -0.4 is 5.32 Å². The molecular formula is C16H22N4O2S. The lowest BCUT2D eigenvalue weighted by atomic mass is 10.0. The number of aromatic amines is 1. The molecule has 2 N–H and O–H groups in total. The quantitative estimate of drug-likeness (QED) is 0.882. The standard InChI is InChI=1S/C16H22N4O2S/c1-2-22-16(21)18-13-5-3-7-20(11-13)10-12-9-17-19-15(12)14-6-4-8-23-14/h4,6,8-9,13H,2-3,5,7,10-11H2,1H3,(H,17,19)(H,18,21). The smallest absolute Gasteiger partial charge is 0.407 e. The molecular weight excluding hydrogens is 312 g/mol. The number of carbonyl (C=O) groups excluding carboxylic acids is 1. The normalized spacial score (nSPS) is 18.7. The Morgan fingerprint density at radius 2 is 2.52 bits per heavy atom. The number of amides is 1. The summed E-state index contributed by atoms with van der Waals surface area (Å²) in [6.07, 6.45) is 3.65. The second kappa shape index (κ2) is 7.61. The Labute approximate surface area is 139 Å². The summed E-state index contributed by atoms with van der Waals surface area (Å²) >= 11 is 1.71. The highest BCUT2D eigenvalue weighted by Gasteiger charge is 2.23. The number of aromatic nitrogens is 2. The van der Waals surface area contributed by atoms with Gasteiger partial charge in [0.15, 0.2) is 0 Å². The summed E-state index contributed by atoms with van der Waals surface area (Å²) in [5.74, 6) is 0. The van der Waals surface area contributed by atoms with Crippen molar-refractivity contribution >= 4 is 17.4 Å². The maximum atomic E-state index is 11.6. The van der Waals surface area contributed by atoms with Crippen LogP contribution >= 0.6 is 11.3 Å². The first-order valence-corrected chi connectivity index (χ1v) is 8.86. The van der Waals surface area contributed by atoms with E-state index in [1.165, 1.54) is 10.4 Å². The zero-order valence-electron chi connectivity index (χ0n) is 13.2. The Balaban J connectivity index is 1.60. The molecule has 0 aliphatic carbocycles. The van der Waals surface area contributed by atoms with E-state index in [1.807, 2.05) is 19.2 Å². The molecule has 1 aliphatic heterocycles. The molecule has 3 rings (SSSR count). The van der Waals surface area contributed by atoms with Gasteiger partial charge < -0.3 is 10.1 Å². The lowest BCUT2D eigenvalue weighted by molar-refractivity contribution is 0.132. The Bertz CT molecular complexity index is 626. The third-order valence-electron chi connectivity index (χ3n) is 3.98. The molecule has 1 atom stereocenters. The summed E-state index contributed by atoms with van der Waals surface area (Å²) < 4.78 is 4.97. The van der Waals surface area contributed by atoms with Gasteiger partial charge in [0, 0.05) is 24.7 Å². The average Bonchev–Trinajstić information content (AvgIpc) is 3.18. The lowest BCUT2D eigenvalue weighted by Crippen LogP contribution is -2.47. The molecule has 124 valence electrons. The SMILES string of the molecule is CCOC(=O)NC1CCCN(Cc2cn[nH]c2-c2cccs2)C1. The molecule has 7 heteroatoms. The van der Waals surface area contributed by atoms with E-state index in [-0.39, 0.29) is 12.1 Å². The van der Waals surface area contributed by atoms with Crippen molar-refractivity contribution in [2.24, 2.45) is 0 Å². The number of nitrogens with one attached hydrogen (secondary N) is 2. The zero-order chi connectivity index (χ0) is 16.1. The van der Waals surface area contributed by atoms with Crippen LogP contribution in [0.4, 0.5) is 4.79 Å². The van der Waals surface area contributed by atoms with E-state index in [4.69, 9.17) is 4.74 Å². The van der Waals surface area contributed by atoms with Crippen molar-refractivity contribution in [3.8, 4) is 10.6 Å². The van der Waals surface area contributed by atoms with Crippen LogP contribution in [0.1, 0.15) is 25.3 Å². The number of hydrogen-bond donors (Lipinski definition) is 2. The van der Waals surface area contributed by atoms with Crippen molar-refractivity contribution in [1.29, 1.82) is 0 Å². The van der Waals surface area contributed by atoms with Crippen LogP contribution in [-0.4, -0.2) is 46.9 Å². The van der Waals surface area contributed by atoms with Crippen LogP contribution in [0.2, 0.25) is 0 Å². The van der Waals surface area contributed by atoms with Crippen molar-refractivity contribution in [3.63, 3.8) is 0 Å². The fourth-order valence-electron chi connectivity index (χ4n) is 2.96. The molecule has 1 fully saturated rings. The van der Waals surface area contributed by atoms with E-state index in [1.54, 1.807) is 11.3 Å². The van der Waals surface area contributed by atoms with Gasteiger partial charge in [-0.1, -0.05) is 6.07 Å². The summed E-state index contributed by atoms with van der Waals surface area (Å²) in [5.41, 5.74) is 2.30. The third kappa shape index (κ3) is 4.11. The topological polar surface area (TPSA) is 70.2 Å².